The predicted molar refractivity (Wildman–Crippen MR) is 64.9 cm³/mol. The first kappa shape index (κ1) is 14.5. The number of piperidine rings is 1. The van der Waals surface area contributed by atoms with Gasteiger partial charge in [0.2, 0.25) is 11.8 Å². The highest BCUT2D eigenvalue weighted by molar-refractivity contribution is 5.84. The summed E-state index contributed by atoms with van der Waals surface area (Å²) in [5.41, 5.74) is 0. The Balaban J connectivity index is 2.64. The number of carbonyl (C=O) groups excluding carboxylic acids is 2. The molecule has 1 aliphatic heterocycles. The van der Waals surface area contributed by atoms with E-state index in [1.54, 1.807) is 11.8 Å². The van der Waals surface area contributed by atoms with Crippen LogP contribution in [0.15, 0.2) is 0 Å². The number of carboxylic acids is 1. The van der Waals surface area contributed by atoms with Crippen molar-refractivity contribution < 1.29 is 19.5 Å². The molecule has 1 rings (SSSR count). The van der Waals surface area contributed by atoms with Gasteiger partial charge in [0, 0.05) is 26.6 Å². The molecule has 1 fully saturated rings. The Morgan fingerprint density at radius 2 is 2.06 bits per heavy atom. The maximum atomic E-state index is 12.2. The molecule has 1 atom stereocenters. The van der Waals surface area contributed by atoms with E-state index in [1.165, 1.54) is 11.8 Å². The summed E-state index contributed by atoms with van der Waals surface area (Å²) in [4.78, 5) is 37.1. The van der Waals surface area contributed by atoms with Crippen molar-refractivity contribution in [1.82, 2.24) is 9.80 Å². The molecule has 0 aromatic carbocycles. The zero-order valence-corrected chi connectivity index (χ0v) is 10.9. The van der Waals surface area contributed by atoms with Crippen molar-refractivity contribution in [3.05, 3.63) is 0 Å². The highest BCUT2D eigenvalue weighted by atomic mass is 16.4. The summed E-state index contributed by atoms with van der Waals surface area (Å²) in [5.74, 6) is -1.47. The Kier molecular flexibility index (Phi) is 5.12. The maximum Gasteiger partial charge on any atom is 0.323 e. The van der Waals surface area contributed by atoms with E-state index in [4.69, 9.17) is 5.11 Å². The predicted octanol–water partition coefficient (Wildman–Crippen LogP) is 0.178. The van der Waals surface area contributed by atoms with Gasteiger partial charge < -0.3 is 14.9 Å². The minimum atomic E-state index is -1.01. The van der Waals surface area contributed by atoms with Gasteiger partial charge in [-0.3, -0.25) is 14.4 Å². The Hall–Kier alpha value is -1.59. The number of hydrogen-bond acceptors (Lipinski definition) is 3. The van der Waals surface area contributed by atoms with Crippen LogP contribution in [0.2, 0.25) is 0 Å². The fourth-order valence-corrected chi connectivity index (χ4v) is 2.23. The fraction of sp³-hybridized carbons (Fsp3) is 0.750. The molecule has 0 aliphatic carbocycles. The number of rotatable bonds is 4. The van der Waals surface area contributed by atoms with Crippen LogP contribution >= 0.6 is 0 Å². The fourth-order valence-electron chi connectivity index (χ4n) is 2.23. The van der Waals surface area contributed by atoms with E-state index in [2.05, 4.69) is 0 Å². The maximum absolute atomic E-state index is 12.2. The third-order valence-electron chi connectivity index (χ3n) is 3.24. The molecule has 6 nitrogen and oxygen atoms in total. The second-order valence-electron chi connectivity index (χ2n) is 4.55. The molecule has 0 spiro atoms. The molecule has 0 aromatic rings. The number of carbonyl (C=O) groups is 3. The van der Waals surface area contributed by atoms with Crippen molar-refractivity contribution in [2.45, 2.75) is 26.7 Å². The monoisotopic (exact) mass is 256 g/mol. The van der Waals surface area contributed by atoms with Gasteiger partial charge in [0.05, 0.1) is 5.92 Å². The molecular formula is C12H20N2O4. The largest absolute Gasteiger partial charge is 0.480 e. The van der Waals surface area contributed by atoms with Gasteiger partial charge >= 0.3 is 5.97 Å². The van der Waals surface area contributed by atoms with Crippen LogP contribution in [0, 0.1) is 5.92 Å². The Morgan fingerprint density at radius 1 is 1.39 bits per heavy atom. The number of amides is 2. The minimum absolute atomic E-state index is 0.0335. The molecule has 0 bridgehead atoms. The summed E-state index contributed by atoms with van der Waals surface area (Å²) < 4.78 is 0. The average Bonchev–Trinajstić information content (AvgIpc) is 2.35. The van der Waals surface area contributed by atoms with Crippen molar-refractivity contribution in [1.29, 1.82) is 0 Å². The van der Waals surface area contributed by atoms with Gasteiger partial charge in [0.15, 0.2) is 0 Å². The Morgan fingerprint density at radius 3 is 2.56 bits per heavy atom. The van der Waals surface area contributed by atoms with Crippen molar-refractivity contribution in [3.8, 4) is 0 Å². The lowest BCUT2D eigenvalue weighted by atomic mass is 9.96. The minimum Gasteiger partial charge on any atom is -0.480 e. The molecule has 0 saturated carbocycles. The molecule has 1 heterocycles. The van der Waals surface area contributed by atoms with E-state index in [9.17, 15) is 14.4 Å². The molecule has 0 radical (unpaired) electrons. The Labute approximate surface area is 107 Å². The van der Waals surface area contributed by atoms with Gasteiger partial charge in [-0.1, -0.05) is 0 Å². The summed E-state index contributed by atoms with van der Waals surface area (Å²) >= 11 is 0. The van der Waals surface area contributed by atoms with Crippen molar-refractivity contribution in [2.24, 2.45) is 5.92 Å². The number of nitrogens with zero attached hydrogens (tertiary/aromatic N) is 2. The number of aliphatic carboxylic acids is 1. The highest BCUT2D eigenvalue weighted by Crippen LogP contribution is 2.18. The molecule has 6 heteroatoms. The second kappa shape index (κ2) is 6.37. The molecule has 102 valence electrons. The van der Waals surface area contributed by atoms with Crippen LogP contribution in [-0.2, 0) is 14.4 Å². The van der Waals surface area contributed by atoms with Gasteiger partial charge in [-0.15, -0.1) is 0 Å². The Bertz CT molecular complexity index is 343. The van der Waals surface area contributed by atoms with Crippen LogP contribution in [0.1, 0.15) is 26.7 Å². The zero-order valence-electron chi connectivity index (χ0n) is 10.9. The lowest BCUT2D eigenvalue weighted by molar-refractivity contribution is -0.148. The van der Waals surface area contributed by atoms with Gasteiger partial charge in [-0.25, -0.2) is 0 Å². The molecule has 1 aliphatic rings. The van der Waals surface area contributed by atoms with Gasteiger partial charge in [-0.2, -0.15) is 0 Å². The van der Waals surface area contributed by atoms with Crippen molar-refractivity contribution >= 4 is 17.8 Å². The third-order valence-corrected chi connectivity index (χ3v) is 3.24. The lowest BCUT2D eigenvalue weighted by Crippen LogP contribution is -2.47. The molecule has 1 unspecified atom stereocenters. The summed E-state index contributed by atoms with van der Waals surface area (Å²) in [6.45, 7) is 4.44. The van der Waals surface area contributed by atoms with Gasteiger partial charge in [-0.05, 0) is 19.8 Å². The molecule has 1 saturated heterocycles. The molecular weight excluding hydrogens is 236 g/mol. The SMILES string of the molecule is CCN(CC(=O)O)C(=O)C1CCCN(C(C)=O)C1. The van der Waals surface area contributed by atoms with E-state index in [0.29, 0.717) is 19.6 Å². The van der Waals surface area contributed by atoms with Crippen LogP contribution in [0.3, 0.4) is 0 Å². The number of hydrogen-bond donors (Lipinski definition) is 1. The van der Waals surface area contributed by atoms with E-state index >= 15 is 0 Å². The number of likely N-dealkylation sites (N-methyl/N-ethyl adjacent to an activating group) is 1. The summed E-state index contributed by atoms with van der Waals surface area (Å²) in [6, 6.07) is 0. The van der Waals surface area contributed by atoms with Gasteiger partial charge in [0.1, 0.15) is 6.54 Å². The second-order valence-corrected chi connectivity index (χ2v) is 4.55. The van der Waals surface area contributed by atoms with E-state index in [-0.39, 0.29) is 24.3 Å². The number of likely N-dealkylation sites (tertiary alicyclic amines) is 1. The lowest BCUT2D eigenvalue weighted by Gasteiger charge is -2.33. The zero-order chi connectivity index (χ0) is 13.7. The molecule has 18 heavy (non-hydrogen) atoms. The summed E-state index contributed by atoms with van der Waals surface area (Å²) in [7, 11) is 0. The third kappa shape index (κ3) is 3.72. The van der Waals surface area contributed by atoms with Crippen LogP contribution in [0.25, 0.3) is 0 Å². The van der Waals surface area contributed by atoms with Crippen LogP contribution in [0.4, 0.5) is 0 Å². The van der Waals surface area contributed by atoms with E-state index in [0.717, 1.165) is 12.8 Å². The normalized spacial score (nSPS) is 19.4. The quantitative estimate of drug-likeness (QED) is 0.778. The van der Waals surface area contributed by atoms with E-state index in [1.807, 2.05) is 0 Å². The first-order chi connectivity index (χ1) is 8.45. The summed E-state index contributed by atoms with van der Waals surface area (Å²) in [5, 5.41) is 8.74. The summed E-state index contributed by atoms with van der Waals surface area (Å²) in [6.07, 6.45) is 1.51. The molecule has 0 aromatic heterocycles. The topological polar surface area (TPSA) is 77.9 Å². The molecule has 1 N–H and O–H groups in total. The average molecular weight is 256 g/mol. The van der Waals surface area contributed by atoms with Crippen LogP contribution < -0.4 is 0 Å². The van der Waals surface area contributed by atoms with Crippen molar-refractivity contribution in [3.63, 3.8) is 0 Å². The van der Waals surface area contributed by atoms with Crippen LogP contribution in [-0.4, -0.2) is 58.9 Å². The van der Waals surface area contributed by atoms with Gasteiger partial charge in [0.25, 0.3) is 0 Å². The number of carboxylic acid groups (broad SMARTS) is 1. The smallest absolute Gasteiger partial charge is 0.323 e. The first-order valence-corrected chi connectivity index (χ1v) is 6.21. The van der Waals surface area contributed by atoms with E-state index < -0.39 is 5.97 Å². The molecule has 2 amide bonds. The van der Waals surface area contributed by atoms with Crippen LogP contribution in [0.5, 0.6) is 0 Å². The first-order valence-electron chi connectivity index (χ1n) is 6.21. The standard InChI is InChI=1S/C12H20N2O4/c1-3-13(8-11(16)17)12(18)10-5-4-6-14(7-10)9(2)15/h10H,3-8H2,1-2H3,(H,16,17). The van der Waals surface area contributed by atoms with Crippen molar-refractivity contribution in [2.75, 3.05) is 26.2 Å². The highest BCUT2D eigenvalue weighted by Gasteiger charge is 2.30.